The Kier molecular flexibility index (Phi) is 3.68. The highest BCUT2D eigenvalue weighted by Crippen LogP contribution is 2.31. The summed E-state index contributed by atoms with van der Waals surface area (Å²) < 4.78 is 1.89. The second-order valence-electron chi connectivity index (χ2n) is 6.14. The summed E-state index contributed by atoms with van der Waals surface area (Å²) in [5.41, 5.74) is 1.35. The van der Waals surface area contributed by atoms with Gasteiger partial charge < -0.3 is 10.2 Å². The number of aliphatic imine (C=N–C) groups is 1. The molecule has 3 rings (SSSR count). The topological polar surface area (TPSA) is 45.5 Å². The lowest BCUT2D eigenvalue weighted by molar-refractivity contribution is 0.482. The largest absolute Gasteiger partial charge is 0.353 e. The molecule has 0 radical (unpaired) electrons. The first-order chi connectivity index (χ1) is 9.67. The zero-order valence-corrected chi connectivity index (χ0v) is 12.7. The molecule has 2 heterocycles. The van der Waals surface area contributed by atoms with E-state index >= 15 is 0 Å². The lowest BCUT2D eigenvalue weighted by Crippen LogP contribution is -2.41. The minimum absolute atomic E-state index is 0.587. The molecule has 1 N–H and O–H groups in total. The molecule has 1 aliphatic carbocycles. The van der Waals surface area contributed by atoms with Gasteiger partial charge in [0.1, 0.15) is 0 Å². The predicted octanol–water partition coefficient (Wildman–Crippen LogP) is 1.58. The van der Waals surface area contributed by atoms with Crippen molar-refractivity contribution < 1.29 is 0 Å². The van der Waals surface area contributed by atoms with E-state index in [0.717, 1.165) is 31.5 Å². The van der Waals surface area contributed by atoms with Crippen LogP contribution in [0, 0.1) is 5.92 Å². The van der Waals surface area contributed by atoms with Crippen molar-refractivity contribution in [1.29, 1.82) is 0 Å². The third-order valence-electron chi connectivity index (χ3n) is 4.42. The first-order valence-electron chi connectivity index (χ1n) is 7.71. The summed E-state index contributed by atoms with van der Waals surface area (Å²) in [5.74, 6) is 2.49. The Morgan fingerprint density at radius 3 is 2.95 bits per heavy atom. The number of rotatable bonds is 3. The Bertz CT molecular complexity index is 492. The maximum atomic E-state index is 4.66. The summed E-state index contributed by atoms with van der Waals surface area (Å²) in [4.78, 5) is 7.07. The van der Waals surface area contributed by atoms with Crippen LogP contribution in [-0.2, 0) is 7.05 Å². The van der Waals surface area contributed by atoms with Crippen molar-refractivity contribution in [3.63, 3.8) is 0 Å². The van der Waals surface area contributed by atoms with Gasteiger partial charge in [-0.25, -0.2) is 0 Å². The van der Waals surface area contributed by atoms with Crippen LogP contribution in [0.15, 0.2) is 17.4 Å². The molecule has 0 aromatic carbocycles. The summed E-state index contributed by atoms with van der Waals surface area (Å²) in [7, 11) is 1.98. The third-order valence-corrected chi connectivity index (χ3v) is 4.42. The Morgan fingerprint density at radius 1 is 1.55 bits per heavy atom. The van der Waals surface area contributed by atoms with Gasteiger partial charge in [0.05, 0.1) is 6.20 Å². The molecule has 0 amide bonds. The van der Waals surface area contributed by atoms with Crippen molar-refractivity contribution in [2.45, 2.75) is 38.6 Å². The normalized spacial score (nSPS) is 29.9. The fraction of sp³-hybridized carbons (Fsp3) is 0.733. The zero-order valence-electron chi connectivity index (χ0n) is 12.7. The molecule has 1 aromatic rings. The first-order valence-corrected chi connectivity index (χ1v) is 7.71. The van der Waals surface area contributed by atoms with Crippen LogP contribution in [0.4, 0.5) is 0 Å². The van der Waals surface area contributed by atoms with Crippen molar-refractivity contribution in [2.75, 3.05) is 19.6 Å². The maximum Gasteiger partial charge on any atom is 0.194 e. The van der Waals surface area contributed by atoms with Crippen LogP contribution < -0.4 is 5.32 Å². The van der Waals surface area contributed by atoms with Crippen molar-refractivity contribution in [3.05, 3.63) is 18.0 Å². The lowest BCUT2D eigenvalue weighted by atomic mass is 10.0. The van der Waals surface area contributed by atoms with Gasteiger partial charge in [0.15, 0.2) is 5.96 Å². The van der Waals surface area contributed by atoms with Gasteiger partial charge in [-0.3, -0.25) is 9.67 Å². The van der Waals surface area contributed by atoms with Gasteiger partial charge in [-0.15, -0.1) is 0 Å². The summed E-state index contributed by atoms with van der Waals surface area (Å²) in [5, 5.41) is 7.90. The van der Waals surface area contributed by atoms with Crippen LogP contribution in [0.2, 0.25) is 0 Å². The summed E-state index contributed by atoms with van der Waals surface area (Å²) in [6.07, 6.45) is 6.61. The SMILES string of the molecule is CCN=C(NC1CC1C)N1CCC(c2cnn(C)c2)C1. The monoisotopic (exact) mass is 275 g/mol. The summed E-state index contributed by atoms with van der Waals surface area (Å²) >= 11 is 0. The van der Waals surface area contributed by atoms with E-state index in [1.807, 2.05) is 17.9 Å². The zero-order chi connectivity index (χ0) is 14.1. The van der Waals surface area contributed by atoms with Gasteiger partial charge in [-0.05, 0) is 31.2 Å². The number of aromatic nitrogens is 2. The lowest BCUT2D eigenvalue weighted by Gasteiger charge is -2.22. The molecule has 1 saturated heterocycles. The minimum Gasteiger partial charge on any atom is -0.353 e. The van der Waals surface area contributed by atoms with E-state index in [2.05, 4.69) is 40.4 Å². The van der Waals surface area contributed by atoms with E-state index in [-0.39, 0.29) is 0 Å². The molecule has 20 heavy (non-hydrogen) atoms. The molecule has 110 valence electrons. The minimum atomic E-state index is 0.587. The molecule has 0 spiro atoms. The number of likely N-dealkylation sites (tertiary alicyclic amines) is 1. The number of hydrogen-bond acceptors (Lipinski definition) is 2. The molecule has 1 saturated carbocycles. The van der Waals surface area contributed by atoms with Crippen molar-refractivity contribution in [1.82, 2.24) is 20.0 Å². The van der Waals surface area contributed by atoms with E-state index in [0.29, 0.717) is 12.0 Å². The van der Waals surface area contributed by atoms with Gasteiger partial charge >= 0.3 is 0 Å². The van der Waals surface area contributed by atoms with Gasteiger partial charge in [0.25, 0.3) is 0 Å². The molecular formula is C15H25N5. The van der Waals surface area contributed by atoms with Crippen molar-refractivity contribution >= 4 is 5.96 Å². The van der Waals surface area contributed by atoms with E-state index in [1.54, 1.807) is 0 Å². The van der Waals surface area contributed by atoms with Crippen LogP contribution in [0.5, 0.6) is 0 Å². The molecule has 5 nitrogen and oxygen atoms in total. The van der Waals surface area contributed by atoms with Crippen LogP contribution >= 0.6 is 0 Å². The number of hydrogen-bond donors (Lipinski definition) is 1. The van der Waals surface area contributed by atoms with E-state index in [4.69, 9.17) is 0 Å². The summed E-state index contributed by atoms with van der Waals surface area (Å²) in [6, 6.07) is 0.637. The van der Waals surface area contributed by atoms with Gasteiger partial charge in [-0.2, -0.15) is 5.10 Å². The fourth-order valence-electron chi connectivity index (χ4n) is 2.95. The molecule has 2 fully saturated rings. The number of aryl methyl sites for hydroxylation is 1. The predicted molar refractivity (Wildman–Crippen MR) is 80.8 cm³/mol. The molecule has 2 aliphatic rings. The second kappa shape index (κ2) is 5.46. The molecule has 3 atom stereocenters. The molecule has 0 bridgehead atoms. The number of guanidine groups is 1. The van der Waals surface area contributed by atoms with Crippen LogP contribution in [0.3, 0.4) is 0 Å². The molecule has 1 aromatic heterocycles. The van der Waals surface area contributed by atoms with Crippen LogP contribution in [-0.4, -0.2) is 46.3 Å². The van der Waals surface area contributed by atoms with Crippen molar-refractivity contribution in [2.24, 2.45) is 18.0 Å². The Balaban J connectivity index is 1.63. The van der Waals surface area contributed by atoms with E-state index in [1.165, 1.54) is 18.4 Å². The fourth-order valence-corrected chi connectivity index (χ4v) is 2.95. The molecule has 1 aliphatic heterocycles. The van der Waals surface area contributed by atoms with Gasteiger partial charge in [-0.1, -0.05) is 6.92 Å². The molecular weight excluding hydrogens is 250 g/mol. The summed E-state index contributed by atoms with van der Waals surface area (Å²) in [6.45, 7) is 7.39. The molecule has 3 unspecified atom stereocenters. The Hall–Kier alpha value is -1.52. The highest BCUT2D eigenvalue weighted by atomic mass is 15.3. The highest BCUT2D eigenvalue weighted by Gasteiger charge is 2.35. The van der Waals surface area contributed by atoms with Crippen LogP contribution in [0.25, 0.3) is 0 Å². The number of nitrogens with zero attached hydrogens (tertiary/aromatic N) is 4. The van der Waals surface area contributed by atoms with E-state index in [9.17, 15) is 0 Å². The van der Waals surface area contributed by atoms with Gasteiger partial charge in [0.2, 0.25) is 0 Å². The Morgan fingerprint density at radius 2 is 2.35 bits per heavy atom. The molecule has 5 heteroatoms. The standard InChI is InChI=1S/C15H25N5/c1-4-16-15(18-14-7-11(14)2)20-6-5-12(10-20)13-8-17-19(3)9-13/h8-9,11-12,14H,4-7,10H2,1-3H3,(H,16,18). The smallest absolute Gasteiger partial charge is 0.194 e. The highest BCUT2D eigenvalue weighted by molar-refractivity contribution is 5.81. The first kappa shape index (κ1) is 13.5. The van der Waals surface area contributed by atoms with E-state index < -0.39 is 0 Å². The third kappa shape index (κ3) is 2.81. The van der Waals surface area contributed by atoms with Crippen molar-refractivity contribution in [3.8, 4) is 0 Å². The average Bonchev–Trinajstić information content (AvgIpc) is 2.87. The Labute approximate surface area is 121 Å². The second-order valence-corrected chi connectivity index (χ2v) is 6.14. The number of nitrogens with one attached hydrogen (secondary N) is 1. The maximum absolute atomic E-state index is 4.66. The quantitative estimate of drug-likeness (QED) is 0.673. The average molecular weight is 275 g/mol. The van der Waals surface area contributed by atoms with Crippen LogP contribution in [0.1, 0.15) is 38.2 Å². The van der Waals surface area contributed by atoms with Gasteiger partial charge in [0, 0.05) is 44.8 Å².